The molecule has 0 saturated carbocycles. The van der Waals surface area contributed by atoms with Gasteiger partial charge in [-0.25, -0.2) is 0 Å². The molecule has 3 aromatic rings. The number of thiazole rings is 1. The van der Waals surface area contributed by atoms with Gasteiger partial charge in [0.15, 0.2) is 16.3 Å². The highest BCUT2D eigenvalue weighted by atomic mass is 32.1. The molecule has 0 aliphatic carbocycles. The maximum Gasteiger partial charge on any atom is 0.279 e. The van der Waals surface area contributed by atoms with Crippen molar-refractivity contribution in [2.45, 2.75) is 20.4 Å². The molecule has 1 aliphatic heterocycles. The number of hydrogen-bond donors (Lipinski definition) is 0. The van der Waals surface area contributed by atoms with E-state index < -0.39 is 0 Å². The second-order valence-corrected chi connectivity index (χ2v) is 9.49. The fraction of sp³-hybridized carbons (Fsp3) is 0.370. The molecule has 4 rings (SSSR count). The van der Waals surface area contributed by atoms with Crippen LogP contribution in [0.1, 0.15) is 38.9 Å². The van der Waals surface area contributed by atoms with Crippen LogP contribution in [0.5, 0.6) is 11.5 Å². The first kappa shape index (κ1) is 25.7. The Labute approximate surface area is 215 Å². The van der Waals surface area contributed by atoms with Crippen LogP contribution in [-0.2, 0) is 6.54 Å². The number of aryl methyl sites for hydroxylation is 1. The lowest BCUT2D eigenvalue weighted by Gasteiger charge is -2.34. The molecule has 190 valence electrons. The molecule has 0 radical (unpaired) electrons. The Kier molecular flexibility index (Phi) is 8.22. The zero-order chi connectivity index (χ0) is 25.7. The standard InChI is InChI=1S/C27H32N4O4S/c1-5-29-12-14-30(15-13-29)26(33)21-8-6-20(7-9-21)17-31-19(2)18-36-27(31)28-25(32)22-10-11-23(34-3)24(16-22)35-4/h6-11,16,18H,5,12-15,17H2,1-4H3. The molecule has 1 fully saturated rings. The van der Waals surface area contributed by atoms with E-state index in [-0.39, 0.29) is 11.8 Å². The summed E-state index contributed by atoms with van der Waals surface area (Å²) in [7, 11) is 3.09. The Morgan fingerprint density at radius 3 is 2.25 bits per heavy atom. The van der Waals surface area contributed by atoms with E-state index in [9.17, 15) is 9.59 Å². The van der Waals surface area contributed by atoms with E-state index in [0.29, 0.717) is 34.0 Å². The number of rotatable bonds is 7. The minimum absolute atomic E-state index is 0.0767. The van der Waals surface area contributed by atoms with E-state index in [0.717, 1.165) is 44.0 Å². The lowest BCUT2D eigenvalue weighted by Crippen LogP contribution is -2.48. The topological polar surface area (TPSA) is 76.4 Å². The molecule has 1 aromatic heterocycles. The summed E-state index contributed by atoms with van der Waals surface area (Å²) in [5, 5.41) is 1.98. The van der Waals surface area contributed by atoms with Crippen molar-refractivity contribution in [3.8, 4) is 11.5 Å². The first-order valence-electron chi connectivity index (χ1n) is 12.0. The monoisotopic (exact) mass is 508 g/mol. The van der Waals surface area contributed by atoms with Crippen molar-refractivity contribution < 1.29 is 19.1 Å². The Hall–Kier alpha value is -3.43. The highest BCUT2D eigenvalue weighted by molar-refractivity contribution is 7.07. The largest absolute Gasteiger partial charge is 0.493 e. The Balaban J connectivity index is 1.49. The first-order valence-corrected chi connectivity index (χ1v) is 12.9. The molecular weight excluding hydrogens is 476 g/mol. The molecule has 0 N–H and O–H groups in total. The number of benzene rings is 2. The molecule has 1 saturated heterocycles. The molecule has 8 nitrogen and oxygen atoms in total. The van der Waals surface area contributed by atoms with E-state index in [1.165, 1.54) is 18.4 Å². The van der Waals surface area contributed by atoms with Crippen molar-refractivity contribution in [2.24, 2.45) is 4.99 Å². The first-order chi connectivity index (χ1) is 17.4. The molecule has 0 atom stereocenters. The highest BCUT2D eigenvalue weighted by Crippen LogP contribution is 2.27. The molecule has 0 spiro atoms. The third-order valence-electron chi connectivity index (χ3n) is 6.47. The summed E-state index contributed by atoms with van der Waals surface area (Å²) in [6.45, 7) is 9.07. The third kappa shape index (κ3) is 5.68. The molecule has 2 heterocycles. The second-order valence-electron chi connectivity index (χ2n) is 8.66. The van der Waals surface area contributed by atoms with Crippen molar-refractivity contribution in [1.29, 1.82) is 0 Å². The number of carbonyl (C=O) groups is 2. The SMILES string of the molecule is CCN1CCN(C(=O)c2ccc(Cn3c(C)csc3=NC(=O)c3ccc(OC)c(OC)c3)cc2)CC1. The van der Waals surface area contributed by atoms with Crippen LogP contribution in [0.4, 0.5) is 0 Å². The van der Waals surface area contributed by atoms with E-state index >= 15 is 0 Å². The molecule has 0 unspecified atom stereocenters. The molecule has 1 aliphatic rings. The van der Waals surface area contributed by atoms with E-state index in [1.807, 2.05) is 46.0 Å². The Bertz CT molecular complexity index is 1290. The summed E-state index contributed by atoms with van der Waals surface area (Å²) >= 11 is 1.42. The normalized spacial score (nSPS) is 14.7. The average Bonchev–Trinajstić information content (AvgIpc) is 3.26. The summed E-state index contributed by atoms with van der Waals surface area (Å²) in [5.74, 6) is 0.764. The van der Waals surface area contributed by atoms with E-state index in [1.54, 1.807) is 25.3 Å². The predicted molar refractivity (Wildman–Crippen MR) is 140 cm³/mol. The lowest BCUT2D eigenvalue weighted by atomic mass is 10.1. The summed E-state index contributed by atoms with van der Waals surface area (Å²) in [6, 6.07) is 12.7. The van der Waals surface area contributed by atoms with Crippen LogP contribution >= 0.6 is 11.3 Å². The van der Waals surface area contributed by atoms with Crippen LogP contribution in [0.15, 0.2) is 52.8 Å². The van der Waals surface area contributed by atoms with Crippen molar-refractivity contribution in [2.75, 3.05) is 46.9 Å². The van der Waals surface area contributed by atoms with Gasteiger partial charge < -0.3 is 23.8 Å². The summed E-state index contributed by atoms with van der Waals surface area (Å²) in [5.41, 5.74) is 3.16. The number of methoxy groups -OCH3 is 2. The van der Waals surface area contributed by atoms with Gasteiger partial charge in [-0.1, -0.05) is 19.1 Å². The Morgan fingerprint density at radius 2 is 1.61 bits per heavy atom. The maximum absolute atomic E-state index is 12.9. The predicted octanol–water partition coefficient (Wildman–Crippen LogP) is 3.44. The van der Waals surface area contributed by atoms with Crippen LogP contribution < -0.4 is 14.3 Å². The van der Waals surface area contributed by atoms with Gasteiger partial charge in [0, 0.05) is 48.4 Å². The van der Waals surface area contributed by atoms with Crippen molar-refractivity contribution in [3.63, 3.8) is 0 Å². The van der Waals surface area contributed by atoms with Crippen molar-refractivity contribution in [3.05, 3.63) is 75.0 Å². The molecule has 2 amide bonds. The van der Waals surface area contributed by atoms with Gasteiger partial charge in [-0.3, -0.25) is 9.59 Å². The van der Waals surface area contributed by atoms with E-state index in [4.69, 9.17) is 9.47 Å². The summed E-state index contributed by atoms with van der Waals surface area (Å²) in [4.78, 5) is 35.1. The van der Waals surface area contributed by atoms with Gasteiger partial charge in [0.05, 0.1) is 20.8 Å². The molecule has 36 heavy (non-hydrogen) atoms. The van der Waals surface area contributed by atoms with Gasteiger partial charge in [-0.05, 0) is 49.4 Å². The third-order valence-corrected chi connectivity index (χ3v) is 7.45. The van der Waals surface area contributed by atoms with Crippen LogP contribution in [0.25, 0.3) is 0 Å². The number of nitrogens with zero attached hydrogens (tertiary/aromatic N) is 4. The number of aromatic nitrogens is 1. The van der Waals surface area contributed by atoms with Gasteiger partial charge in [0.25, 0.3) is 11.8 Å². The second kappa shape index (κ2) is 11.5. The number of likely N-dealkylation sites (N-methyl/N-ethyl adjacent to an activating group) is 1. The summed E-state index contributed by atoms with van der Waals surface area (Å²) in [6.07, 6.45) is 0. The van der Waals surface area contributed by atoms with Crippen molar-refractivity contribution >= 4 is 23.2 Å². The fourth-order valence-electron chi connectivity index (χ4n) is 4.20. The minimum Gasteiger partial charge on any atom is -0.493 e. The van der Waals surface area contributed by atoms with Gasteiger partial charge >= 0.3 is 0 Å². The van der Waals surface area contributed by atoms with Crippen LogP contribution in [0, 0.1) is 6.92 Å². The van der Waals surface area contributed by atoms with Crippen LogP contribution in [0.2, 0.25) is 0 Å². The fourth-order valence-corrected chi connectivity index (χ4v) is 5.08. The molecular formula is C27H32N4O4S. The van der Waals surface area contributed by atoms with Gasteiger partial charge in [-0.2, -0.15) is 4.99 Å². The number of ether oxygens (including phenoxy) is 2. The smallest absolute Gasteiger partial charge is 0.279 e. The summed E-state index contributed by atoms with van der Waals surface area (Å²) < 4.78 is 12.6. The van der Waals surface area contributed by atoms with Gasteiger partial charge in [0.2, 0.25) is 0 Å². The highest BCUT2D eigenvalue weighted by Gasteiger charge is 2.21. The number of amides is 2. The average molecular weight is 509 g/mol. The quantitative estimate of drug-likeness (QED) is 0.489. The van der Waals surface area contributed by atoms with Gasteiger partial charge in [-0.15, -0.1) is 11.3 Å². The Morgan fingerprint density at radius 1 is 0.944 bits per heavy atom. The lowest BCUT2D eigenvalue weighted by molar-refractivity contribution is 0.0643. The van der Waals surface area contributed by atoms with Crippen molar-refractivity contribution in [1.82, 2.24) is 14.4 Å². The maximum atomic E-state index is 12.9. The zero-order valence-corrected chi connectivity index (χ0v) is 22.0. The number of piperazine rings is 1. The minimum atomic E-state index is -0.351. The molecule has 0 bridgehead atoms. The zero-order valence-electron chi connectivity index (χ0n) is 21.2. The van der Waals surface area contributed by atoms with E-state index in [2.05, 4.69) is 16.8 Å². The number of hydrogen-bond acceptors (Lipinski definition) is 6. The van der Waals surface area contributed by atoms with Crippen LogP contribution in [-0.4, -0.2) is 73.1 Å². The molecule has 2 aromatic carbocycles. The van der Waals surface area contributed by atoms with Crippen LogP contribution in [0.3, 0.4) is 0 Å². The van der Waals surface area contributed by atoms with Gasteiger partial charge in [0.1, 0.15) is 0 Å². The molecule has 9 heteroatoms. The number of carbonyl (C=O) groups excluding carboxylic acids is 2.